The highest BCUT2D eigenvalue weighted by atomic mass is 79.9. The molecule has 2 aromatic carbocycles. The number of carbonyl (C=O) groups is 1. The van der Waals surface area contributed by atoms with E-state index in [1.807, 2.05) is 38.1 Å². The van der Waals surface area contributed by atoms with Gasteiger partial charge in [-0.1, -0.05) is 12.1 Å². The van der Waals surface area contributed by atoms with Crippen LogP contribution in [0.3, 0.4) is 0 Å². The number of carbonyl (C=O) groups excluding carboxylic acids is 1. The summed E-state index contributed by atoms with van der Waals surface area (Å²) in [5.41, 5.74) is 0.880. The normalized spacial score (nSPS) is 12.2. The molecule has 0 unspecified atom stereocenters. The van der Waals surface area contributed by atoms with Crippen molar-refractivity contribution in [3.8, 4) is 5.75 Å². The third-order valence-electron chi connectivity index (χ3n) is 3.77. The van der Waals surface area contributed by atoms with Crippen LogP contribution in [0, 0.1) is 5.82 Å². The number of benzene rings is 2. The fraction of sp³-hybridized carbons (Fsp3) is 0.211. The maximum atomic E-state index is 13.4. The fourth-order valence-corrected chi connectivity index (χ4v) is 2.98. The van der Waals surface area contributed by atoms with Crippen LogP contribution in [0.15, 0.2) is 51.4 Å². The van der Waals surface area contributed by atoms with Crippen molar-refractivity contribution >= 4 is 32.8 Å². The molecule has 3 rings (SSSR count). The Hall–Kier alpha value is -2.34. The summed E-state index contributed by atoms with van der Waals surface area (Å²) in [5.74, 6) is 0.413. The van der Waals surface area contributed by atoms with Crippen molar-refractivity contribution in [3.63, 3.8) is 0 Å². The molecule has 1 amide bonds. The lowest BCUT2D eigenvalue weighted by atomic mass is 10.1. The molecule has 1 heterocycles. The Labute approximate surface area is 153 Å². The minimum Gasteiger partial charge on any atom is -0.490 e. The topological polar surface area (TPSA) is 51.5 Å². The molecule has 4 nitrogen and oxygen atoms in total. The molecule has 130 valence electrons. The number of fused-ring (bicyclic) bond motifs is 1. The van der Waals surface area contributed by atoms with E-state index in [0.717, 1.165) is 5.39 Å². The van der Waals surface area contributed by atoms with E-state index in [1.54, 1.807) is 0 Å². The van der Waals surface area contributed by atoms with Gasteiger partial charge in [-0.15, -0.1) is 0 Å². The van der Waals surface area contributed by atoms with Crippen molar-refractivity contribution in [1.82, 2.24) is 5.32 Å². The van der Waals surface area contributed by atoms with Gasteiger partial charge in [0.05, 0.1) is 18.2 Å². The average molecular weight is 406 g/mol. The van der Waals surface area contributed by atoms with Crippen LogP contribution in [0.5, 0.6) is 5.75 Å². The largest absolute Gasteiger partial charge is 0.490 e. The highest BCUT2D eigenvalue weighted by molar-refractivity contribution is 9.10. The summed E-state index contributed by atoms with van der Waals surface area (Å²) >= 11 is 3.26. The van der Waals surface area contributed by atoms with Crippen molar-refractivity contribution in [2.75, 3.05) is 6.61 Å². The Kier molecular flexibility index (Phi) is 5.08. The smallest absolute Gasteiger partial charge is 0.253 e. The molecule has 6 heteroatoms. The molecule has 0 saturated carbocycles. The maximum absolute atomic E-state index is 13.4. The predicted octanol–water partition coefficient (Wildman–Crippen LogP) is 5.22. The van der Waals surface area contributed by atoms with Gasteiger partial charge in [0, 0.05) is 9.86 Å². The van der Waals surface area contributed by atoms with Crippen LogP contribution in [0.1, 0.15) is 36.0 Å². The quantitative estimate of drug-likeness (QED) is 0.632. The SMILES string of the molecule is CCOc1cccc2cc([C@H](C)NC(=O)c3cc(F)ccc3Br)oc12. The Bertz CT molecular complexity index is 922. The molecule has 1 aromatic heterocycles. The highest BCUT2D eigenvalue weighted by Crippen LogP contribution is 2.31. The second-order valence-corrected chi connectivity index (χ2v) is 6.43. The number of para-hydroxylation sites is 1. The Morgan fingerprint density at radius 3 is 2.88 bits per heavy atom. The molecule has 0 fully saturated rings. The number of rotatable bonds is 5. The first-order valence-corrected chi connectivity index (χ1v) is 8.70. The number of furan rings is 1. The van der Waals surface area contributed by atoms with Gasteiger partial charge >= 0.3 is 0 Å². The molecular formula is C19H17BrFNO3. The molecule has 0 spiro atoms. The first-order valence-electron chi connectivity index (χ1n) is 7.90. The van der Waals surface area contributed by atoms with Crippen LogP contribution in [0.2, 0.25) is 0 Å². The van der Waals surface area contributed by atoms with Crippen molar-refractivity contribution in [2.24, 2.45) is 0 Å². The van der Waals surface area contributed by atoms with Crippen molar-refractivity contribution in [1.29, 1.82) is 0 Å². The van der Waals surface area contributed by atoms with Gasteiger partial charge in [-0.05, 0) is 60.1 Å². The van der Waals surface area contributed by atoms with E-state index in [1.165, 1.54) is 18.2 Å². The number of hydrogen-bond donors (Lipinski definition) is 1. The zero-order chi connectivity index (χ0) is 18.0. The molecule has 25 heavy (non-hydrogen) atoms. The Morgan fingerprint density at radius 1 is 1.32 bits per heavy atom. The van der Waals surface area contributed by atoms with Gasteiger partial charge in [-0.3, -0.25) is 4.79 Å². The molecule has 0 aliphatic heterocycles. The second kappa shape index (κ2) is 7.27. The van der Waals surface area contributed by atoms with Crippen LogP contribution in [0.4, 0.5) is 4.39 Å². The van der Waals surface area contributed by atoms with Crippen LogP contribution in [0.25, 0.3) is 11.0 Å². The second-order valence-electron chi connectivity index (χ2n) is 5.58. The summed E-state index contributed by atoms with van der Waals surface area (Å²) < 4.78 is 25.4. The molecule has 1 N–H and O–H groups in total. The van der Waals surface area contributed by atoms with Gasteiger partial charge in [-0.2, -0.15) is 0 Å². The molecule has 0 bridgehead atoms. The van der Waals surface area contributed by atoms with Crippen molar-refractivity contribution < 1.29 is 18.3 Å². The summed E-state index contributed by atoms with van der Waals surface area (Å²) in [6.45, 7) is 4.25. The minimum absolute atomic E-state index is 0.234. The summed E-state index contributed by atoms with van der Waals surface area (Å²) in [7, 11) is 0. The van der Waals surface area contributed by atoms with Gasteiger partial charge < -0.3 is 14.5 Å². The van der Waals surface area contributed by atoms with Crippen LogP contribution < -0.4 is 10.1 Å². The molecule has 0 radical (unpaired) electrons. The van der Waals surface area contributed by atoms with E-state index in [0.29, 0.717) is 28.2 Å². The number of amides is 1. The lowest BCUT2D eigenvalue weighted by molar-refractivity contribution is 0.0934. The van der Waals surface area contributed by atoms with Gasteiger partial charge in [0.15, 0.2) is 11.3 Å². The van der Waals surface area contributed by atoms with E-state index >= 15 is 0 Å². The highest BCUT2D eigenvalue weighted by Gasteiger charge is 2.18. The Morgan fingerprint density at radius 2 is 2.12 bits per heavy atom. The fourth-order valence-electron chi connectivity index (χ4n) is 2.56. The summed E-state index contributed by atoms with van der Waals surface area (Å²) in [6.07, 6.45) is 0. The monoisotopic (exact) mass is 405 g/mol. The van der Waals surface area contributed by atoms with E-state index in [9.17, 15) is 9.18 Å². The van der Waals surface area contributed by atoms with E-state index in [4.69, 9.17) is 9.15 Å². The average Bonchev–Trinajstić information content (AvgIpc) is 3.02. The van der Waals surface area contributed by atoms with Crippen molar-refractivity contribution in [2.45, 2.75) is 19.9 Å². The van der Waals surface area contributed by atoms with E-state index in [-0.39, 0.29) is 17.5 Å². The summed E-state index contributed by atoms with van der Waals surface area (Å²) in [5, 5.41) is 3.72. The number of hydrogen-bond acceptors (Lipinski definition) is 3. The van der Waals surface area contributed by atoms with Crippen molar-refractivity contribution in [3.05, 3.63) is 64.1 Å². The van der Waals surface area contributed by atoms with Crippen LogP contribution in [-0.4, -0.2) is 12.5 Å². The molecule has 0 aliphatic carbocycles. The minimum atomic E-state index is -0.467. The summed E-state index contributed by atoms with van der Waals surface area (Å²) in [4.78, 5) is 12.4. The van der Waals surface area contributed by atoms with E-state index < -0.39 is 5.82 Å². The standard InChI is InChI=1S/C19H17BrFNO3/c1-3-24-16-6-4-5-12-9-17(25-18(12)16)11(2)22-19(23)14-10-13(21)7-8-15(14)20/h4-11H,3H2,1-2H3,(H,22,23)/t11-/m0/s1. The summed E-state index contributed by atoms with van der Waals surface area (Å²) in [6, 6.07) is 11.1. The molecule has 1 atom stereocenters. The van der Waals surface area contributed by atoms with Gasteiger partial charge in [0.1, 0.15) is 11.6 Å². The third kappa shape index (κ3) is 3.69. The first kappa shape index (κ1) is 17.5. The number of ether oxygens (including phenoxy) is 1. The number of nitrogens with one attached hydrogen (secondary N) is 1. The Balaban J connectivity index is 1.84. The molecule has 0 saturated heterocycles. The maximum Gasteiger partial charge on any atom is 0.253 e. The van der Waals surface area contributed by atoms with Crippen LogP contribution >= 0.6 is 15.9 Å². The van der Waals surface area contributed by atoms with Gasteiger partial charge in [0.2, 0.25) is 0 Å². The third-order valence-corrected chi connectivity index (χ3v) is 4.47. The molecule has 3 aromatic rings. The number of halogens is 2. The first-order chi connectivity index (χ1) is 12.0. The zero-order valence-electron chi connectivity index (χ0n) is 13.8. The molecule has 0 aliphatic rings. The van der Waals surface area contributed by atoms with Crippen LogP contribution in [-0.2, 0) is 0 Å². The zero-order valence-corrected chi connectivity index (χ0v) is 15.4. The van der Waals surface area contributed by atoms with Gasteiger partial charge in [0.25, 0.3) is 5.91 Å². The lowest BCUT2D eigenvalue weighted by Crippen LogP contribution is -2.26. The van der Waals surface area contributed by atoms with E-state index in [2.05, 4.69) is 21.2 Å². The molecular weight excluding hydrogens is 389 g/mol. The lowest BCUT2D eigenvalue weighted by Gasteiger charge is -2.12. The predicted molar refractivity (Wildman–Crippen MR) is 97.4 cm³/mol. The van der Waals surface area contributed by atoms with Gasteiger partial charge in [-0.25, -0.2) is 4.39 Å².